The Labute approximate surface area is 122 Å². The van der Waals surface area contributed by atoms with E-state index in [0.717, 1.165) is 24.1 Å². The van der Waals surface area contributed by atoms with Crippen LogP contribution in [0.4, 0.5) is 5.82 Å². The van der Waals surface area contributed by atoms with E-state index in [9.17, 15) is 0 Å². The van der Waals surface area contributed by atoms with Crippen molar-refractivity contribution in [3.05, 3.63) is 53.5 Å². The summed E-state index contributed by atoms with van der Waals surface area (Å²) in [6, 6.07) is 10.3. The van der Waals surface area contributed by atoms with Gasteiger partial charge in [0, 0.05) is 6.42 Å². The highest BCUT2D eigenvalue weighted by molar-refractivity contribution is 5.57. The van der Waals surface area contributed by atoms with Crippen molar-refractivity contribution in [1.29, 1.82) is 0 Å². The van der Waals surface area contributed by atoms with E-state index in [2.05, 4.69) is 39.0 Å². The number of fused-ring (bicyclic) bond motifs is 1. The van der Waals surface area contributed by atoms with Crippen molar-refractivity contribution in [3.8, 4) is 11.8 Å². The van der Waals surface area contributed by atoms with Crippen LogP contribution < -0.4 is 5.73 Å². The van der Waals surface area contributed by atoms with Gasteiger partial charge in [0.2, 0.25) is 0 Å². The van der Waals surface area contributed by atoms with Crippen LogP contribution in [-0.2, 0) is 6.42 Å². The highest BCUT2D eigenvalue weighted by atomic mass is 15.3. The lowest BCUT2D eigenvalue weighted by atomic mass is 10.1. The van der Waals surface area contributed by atoms with E-state index in [1.165, 1.54) is 16.4 Å². The van der Waals surface area contributed by atoms with Gasteiger partial charge in [-0.25, -0.2) is 4.98 Å². The van der Waals surface area contributed by atoms with Gasteiger partial charge in [-0.05, 0) is 18.9 Å². The summed E-state index contributed by atoms with van der Waals surface area (Å²) in [6.45, 7) is 1.88. The summed E-state index contributed by atoms with van der Waals surface area (Å²) >= 11 is 0. The van der Waals surface area contributed by atoms with E-state index in [1.54, 1.807) is 0 Å². The normalized spacial score (nSPS) is 10.3. The molecule has 0 radical (unpaired) electrons. The van der Waals surface area contributed by atoms with Gasteiger partial charge in [0.1, 0.15) is 12.1 Å². The maximum absolute atomic E-state index is 6.08. The fourth-order valence-electron chi connectivity index (χ4n) is 2.14. The molecule has 0 aliphatic heterocycles. The molecular formula is C16H15N5. The van der Waals surface area contributed by atoms with Crippen molar-refractivity contribution in [2.45, 2.75) is 19.8 Å². The van der Waals surface area contributed by atoms with E-state index >= 15 is 0 Å². The third-order valence-electron chi connectivity index (χ3n) is 3.24. The Balaban J connectivity index is 1.81. The van der Waals surface area contributed by atoms with E-state index in [4.69, 9.17) is 5.73 Å². The van der Waals surface area contributed by atoms with Crippen molar-refractivity contribution in [2.24, 2.45) is 0 Å². The topological polar surface area (TPSA) is 69.1 Å². The Kier molecular flexibility index (Phi) is 3.52. The summed E-state index contributed by atoms with van der Waals surface area (Å²) in [4.78, 5) is 8.37. The predicted octanol–water partition coefficient (Wildman–Crippen LogP) is 2.00. The van der Waals surface area contributed by atoms with Gasteiger partial charge >= 0.3 is 0 Å². The first-order chi connectivity index (χ1) is 10.3. The number of anilines is 1. The molecule has 0 saturated heterocycles. The summed E-state index contributed by atoms with van der Waals surface area (Å²) in [5.74, 6) is 7.25. The van der Waals surface area contributed by atoms with Crippen LogP contribution in [0.1, 0.15) is 23.2 Å². The Morgan fingerprint density at radius 1 is 1.24 bits per heavy atom. The molecule has 0 bridgehead atoms. The maximum atomic E-state index is 6.08. The lowest BCUT2D eigenvalue weighted by Crippen LogP contribution is -2.06. The molecule has 21 heavy (non-hydrogen) atoms. The fourth-order valence-corrected chi connectivity index (χ4v) is 2.14. The van der Waals surface area contributed by atoms with Crippen LogP contribution in [0.2, 0.25) is 0 Å². The average molecular weight is 277 g/mol. The minimum Gasteiger partial charge on any atom is -0.382 e. The third kappa shape index (κ3) is 2.70. The summed E-state index contributed by atoms with van der Waals surface area (Å²) in [5.41, 5.74) is 8.86. The fraction of sp³-hybridized carbons (Fsp3) is 0.188. The number of benzene rings is 1. The van der Waals surface area contributed by atoms with Gasteiger partial charge in [-0.1, -0.05) is 42.2 Å². The van der Waals surface area contributed by atoms with Crippen LogP contribution >= 0.6 is 0 Å². The number of hydrogen-bond donors (Lipinski definition) is 1. The van der Waals surface area contributed by atoms with Gasteiger partial charge in [0.05, 0.1) is 11.3 Å². The summed E-state index contributed by atoms with van der Waals surface area (Å²) in [5, 5.41) is 4.05. The Morgan fingerprint density at radius 2 is 2.05 bits per heavy atom. The predicted molar refractivity (Wildman–Crippen MR) is 81.6 cm³/mol. The largest absolute Gasteiger partial charge is 0.382 e. The monoisotopic (exact) mass is 277 g/mol. The van der Waals surface area contributed by atoms with E-state index < -0.39 is 0 Å². The van der Waals surface area contributed by atoms with Gasteiger partial charge in [-0.3, -0.25) is 0 Å². The molecule has 3 rings (SSSR count). The molecule has 0 fully saturated rings. The first kappa shape index (κ1) is 13.1. The van der Waals surface area contributed by atoms with E-state index in [-0.39, 0.29) is 0 Å². The van der Waals surface area contributed by atoms with Gasteiger partial charge in [0.25, 0.3) is 5.78 Å². The minimum atomic E-state index is 0.488. The molecule has 1 aromatic carbocycles. The summed E-state index contributed by atoms with van der Waals surface area (Å²) in [7, 11) is 0. The molecule has 5 heteroatoms. The summed E-state index contributed by atoms with van der Waals surface area (Å²) in [6.07, 6.45) is 3.13. The van der Waals surface area contributed by atoms with Crippen molar-refractivity contribution < 1.29 is 0 Å². The highest BCUT2D eigenvalue weighted by Gasteiger charge is 2.09. The smallest absolute Gasteiger partial charge is 0.254 e. The highest BCUT2D eigenvalue weighted by Crippen LogP contribution is 2.14. The van der Waals surface area contributed by atoms with Crippen molar-refractivity contribution in [1.82, 2.24) is 19.6 Å². The quantitative estimate of drug-likeness (QED) is 0.727. The number of hydrogen-bond acceptors (Lipinski definition) is 4. The molecule has 3 aromatic rings. The van der Waals surface area contributed by atoms with Crippen molar-refractivity contribution in [2.75, 3.05) is 5.73 Å². The van der Waals surface area contributed by atoms with Crippen LogP contribution in [-0.4, -0.2) is 19.6 Å². The molecule has 2 heterocycles. The number of aromatic nitrogens is 4. The van der Waals surface area contributed by atoms with Crippen LogP contribution in [0.3, 0.4) is 0 Å². The Morgan fingerprint density at radius 3 is 2.86 bits per heavy atom. The second kappa shape index (κ2) is 5.63. The van der Waals surface area contributed by atoms with Crippen LogP contribution in [0, 0.1) is 18.8 Å². The van der Waals surface area contributed by atoms with E-state index in [0.29, 0.717) is 11.6 Å². The zero-order chi connectivity index (χ0) is 14.7. The lowest BCUT2D eigenvalue weighted by molar-refractivity contribution is 0.937. The van der Waals surface area contributed by atoms with Gasteiger partial charge in [-0.15, -0.1) is 0 Å². The molecule has 0 saturated carbocycles. The zero-order valence-electron chi connectivity index (χ0n) is 11.7. The zero-order valence-corrected chi connectivity index (χ0v) is 11.7. The average Bonchev–Trinajstić information content (AvgIpc) is 2.96. The van der Waals surface area contributed by atoms with Gasteiger partial charge in [0.15, 0.2) is 0 Å². The molecule has 0 amide bonds. The van der Waals surface area contributed by atoms with Crippen LogP contribution in [0.25, 0.3) is 5.78 Å². The Hall–Kier alpha value is -2.87. The lowest BCUT2D eigenvalue weighted by Gasteiger charge is -2.03. The van der Waals surface area contributed by atoms with Crippen molar-refractivity contribution >= 4 is 11.6 Å². The number of nitrogens with two attached hydrogens (primary N) is 1. The number of nitrogen functional groups attached to an aromatic ring is 1. The van der Waals surface area contributed by atoms with E-state index in [1.807, 2.05) is 25.1 Å². The number of rotatable bonds is 2. The standard InChI is InChI=1S/C16H15N5/c1-12-14(15(17)21-16(20-12)18-11-19-21)10-6-5-9-13-7-3-2-4-8-13/h2-4,7-8,11H,5,9,17H2,1H3. The van der Waals surface area contributed by atoms with Gasteiger partial charge < -0.3 is 5.73 Å². The molecule has 104 valence electrons. The first-order valence-corrected chi connectivity index (χ1v) is 6.74. The van der Waals surface area contributed by atoms with Crippen molar-refractivity contribution in [3.63, 3.8) is 0 Å². The van der Waals surface area contributed by atoms with Gasteiger partial charge in [-0.2, -0.15) is 14.6 Å². The molecular weight excluding hydrogens is 262 g/mol. The first-order valence-electron chi connectivity index (χ1n) is 6.74. The molecule has 0 aliphatic rings. The molecule has 2 aromatic heterocycles. The molecule has 0 spiro atoms. The Bertz CT molecular complexity index is 824. The second-order valence-corrected chi connectivity index (χ2v) is 4.72. The molecule has 0 atom stereocenters. The molecule has 2 N–H and O–H groups in total. The molecule has 0 unspecified atom stereocenters. The minimum absolute atomic E-state index is 0.488. The van der Waals surface area contributed by atoms with Crippen LogP contribution in [0.5, 0.6) is 0 Å². The maximum Gasteiger partial charge on any atom is 0.254 e. The molecule has 5 nitrogen and oxygen atoms in total. The summed E-state index contributed by atoms with van der Waals surface area (Å²) < 4.78 is 1.51. The number of nitrogens with zero attached hydrogens (tertiary/aromatic N) is 4. The van der Waals surface area contributed by atoms with Crippen LogP contribution in [0.15, 0.2) is 36.7 Å². The third-order valence-corrected chi connectivity index (χ3v) is 3.24. The molecule has 0 aliphatic carbocycles. The SMILES string of the molecule is Cc1nc2ncnn2c(N)c1C#CCCc1ccccc1. The second-order valence-electron chi connectivity index (χ2n) is 4.72. The number of aryl methyl sites for hydroxylation is 2.